The lowest BCUT2D eigenvalue weighted by molar-refractivity contribution is 0.670. The minimum absolute atomic E-state index is 0.911. The van der Waals surface area contributed by atoms with Crippen molar-refractivity contribution in [3.05, 3.63) is 182 Å². The minimum Gasteiger partial charge on any atom is -0.455 e. The van der Waals surface area contributed by atoms with E-state index >= 15 is 0 Å². The molecule has 0 N–H and O–H groups in total. The van der Waals surface area contributed by atoms with Gasteiger partial charge in [-0.1, -0.05) is 158 Å². The van der Waals surface area contributed by atoms with Crippen molar-refractivity contribution in [3.8, 4) is 44.5 Å². The lowest BCUT2D eigenvalue weighted by atomic mass is 9.84. The van der Waals surface area contributed by atoms with E-state index in [1.807, 2.05) is 6.07 Å². The zero-order valence-corrected chi connectivity index (χ0v) is 26.7. The summed E-state index contributed by atoms with van der Waals surface area (Å²) in [7, 11) is 0. The fourth-order valence-corrected chi connectivity index (χ4v) is 7.87. The van der Waals surface area contributed by atoms with Gasteiger partial charge in [0.1, 0.15) is 11.2 Å². The highest BCUT2D eigenvalue weighted by Crippen LogP contribution is 2.46. The van der Waals surface area contributed by atoms with Gasteiger partial charge in [0.25, 0.3) is 0 Å². The number of furan rings is 1. The first-order chi connectivity index (χ1) is 24.3. The molecule has 1 heterocycles. The molecule has 10 rings (SSSR count). The number of hydrogen-bond acceptors (Lipinski definition) is 1. The van der Waals surface area contributed by atoms with Crippen molar-refractivity contribution in [1.29, 1.82) is 0 Å². The first kappa shape index (κ1) is 27.7. The minimum atomic E-state index is 0.911. The molecule has 1 aromatic heterocycles. The summed E-state index contributed by atoms with van der Waals surface area (Å²) in [6.07, 6.45) is 0. The van der Waals surface area contributed by atoms with E-state index in [4.69, 9.17) is 4.42 Å². The normalized spacial score (nSPS) is 11.7. The second-order valence-electron chi connectivity index (χ2n) is 12.8. The first-order valence-electron chi connectivity index (χ1n) is 16.8. The molecule has 1 nitrogen and oxygen atoms in total. The van der Waals surface area contributed by atoms with Crippen LogP contribution >= 0.6 is 0 Å². The molecule has 0 aliphatic carbocycles. The Morgan fingerprint density at radius 2 is 0.714 bits per heavy atom. The predicted molar refractivity (Wildman–Crippen MR) is 208 cm³/mol. The standard InChI is InChI=1S/C48H30O/c1-2-14-31(15-3-1)32-17-12-18-34(28-32)45-39-23-6-8-25-41(39)46(42-26-9-7-24-40(42)45)35-19-13-20-36(29-35)47-37-21-5-4-16-33(37)30-43-38-22-10-11-27-44(38)49-48(43)47/h1-30H. The van der Waals surface area contributed by atoms with Crippen LogP contribution in [0.4, 0.5) is 0 Å². The first-order valence-corrected chi connectivity index (χ1v) is 16.8. The molecule has 0 amide bonds. The van der Waals surface area contributed by atoms with Crippen LogP contribution in [0.25, 0.3) is 98.8 Å². The molecule has 0 radical (unpaired) electrons. The fraction of sp³-hybridized carbons (Fsp3) is 0. The van der Waals surface area contributed by atoms with Crippen LogP contribution in [0.1, 0.15) is 0 Å². The van der Waals surface area contributed by atoms with Crippen LogP contribution in [0.15, 0.2) is 186 Å². The second-order valence-corrected chi connectivity index (χ2v) is 12.8. The molecule has 49 heavy (non-hydrogen) atoms. The molecule has 0 unspecified atom stereocenters. The van der Waals surface area contributed by atoms with Crippen LogP contribution in [0.3, 0.4) is 0 Å². The predicted octanol–water partition coefficient (Wildman–Crippen LogP) is 13.7. The molecule has 10 aromatic rings. The van der Waals surface area contributed by atoms with E-state index in [-0.39, 0.29) is 0 Å². The third-order valence-corrected chi connectivity index (χ3v) is 10.0. The van der Waals surface area contributed by atoms with Gasteiger partial charge in [0.15, 0.2) is 0 Å². The maximum Gasteiger partial charge on any atom is 0.143 e. The zero-order chi connectivity index (χ0) is 32.3. The van der Waals surface area contributed by atoms with Gasteiger partial charge >= 0.3 is 0 Å². The molecule has 0 atom stereocenters. The quantitative estimate of drug-likeness (QED) is 0.178. The van der Waals surface area contributed by atoms with E-state index in [9.17, 15) is 0 Å². The summed E-state index contributed by atoms with van der Waals surface area (Å²) in [5.74, 6) is 0. The van der Waals surface area contributed by atoms with E-state index in [0.29, 0.717) is 0 Å². The number of benzene rings is 9. The van der Waals surface area contributed by atoms with Gasteiger partial charge < -0.3 is 4.42 Å². The maximum absolute atomic E-state index is 6.64. The average molecular weight is 623 g/mol. The Kier molecular flexibility index (Phi) is 6.25. The van der Waals surface area contributed by atoms with Crippen LogP contribution in [0.5, 0.6) is 0 Å². The third-order valence-electron chi connectivity index (χ3n) is 10.0. The Hall–Kier alpha value is -6.44. The highest BCUT2D eigenvalue weighted by atomic mass is 16.3. The third kappa shape index (κ3) is 4.40. The van der Waals surface area contributed by atoms with Crippen LogP contribution in [-0.2, 0) is 0 Å². The second kappa shape index (κ2) is 11.1. The van der Waals surface area contributed by atoms with Crippen LogP contribution < -0.4 is 0 Å². The number of hydrogen-bond donors (Lipinski definition) is 0. The van der Waals surface area contributed by atoms with E-state index in [0.717, 1.165) is 33.1 Å². The molecule has 228 valence electrons. The Labute approximate surface area is 284 Å². The molecule has 0 saturated heterocycles. The maximum atomic E-state index is 6.64. The summed E-state index contributed by atoms with van der Waals surface area (Å²) in [5.41, 5.74) is 11.5. The molecule has 0 aliphatic heterocycles. The molecule has 1 heteroatoms. The topological polar surface area (TPSA) is 13.1 Å². The lowest BCUT2D eigenvalue weighted by Crippen LogP contribution is -1.92. The monoisotopic (exact) mass is 622 g/mol. The summed E-state index contributed by atoms with van der Waals surface area (Å²) in [5, 5.41) is 9.66. The molecule has 0 fully saturated rings. The van der Waals surface area contributed by atoms with Crippen molar-refractivity contribution in [2.45, 2.75) is 0 Å². The van der Waals surface area contributed by atoms with Crippen molar-refractivity contribution in [2.75, 3.05) is 0 Å². The van der Waals surface area contributed by atoms with E-state index < -0.39 is 0 Å². The molecular formula is C48H30O. The lowest BCUT2D eigenvalue weighted by Gasteiger charge is -2.19. The Balaban J connectivity index is 1.24. The van der Waals surface area contributed by atoms with Gasteiger partial charge in [0, 0.05) is 16.3 Å². The van der Waals surface area contributed by atoms with Crippen molar-refractivity contribution in [2.24, 2.45) is 0 Å². The summed E-state index contributed by atoms with van der Waals surface area (Å²) in [6, 6.07) is 65.7. The van der Waals surface area contributed by atoms with Crippen LogP contribution in [0, 0.1) is 0 Å². The van der Waals surface area contributed by atoms with Crippen molar-refractivity contribution >= 4 is 54.3 Å². The molecule has 0 saturated carbocycles. The van der Waals surface area contributed by atoms with Gasteiger partial charge in [-0.15, -0.1) is 0 Å². The van der Waals surface area contributed by atoms with E-state index in [1.165, 1.54) is 65.7 Å². The summed E-state index contributed by atoms with van der Waals surface area (Å²) < 4.78 is 6.64. The Morgan fingerprint density at radius 1 is 0.265 bits per heavy atom. The Morgan fingerprint density at radius 3 is 1.35 bits per heavy atom. The van der Waals surface area contributed by atoms with Crippen LogP contribution in [0.2, 0.25) is 0 Å². The van der Waals surface area contributed by atoms with Crippen LogP contribution in [-0.4, -0.2) is 0 Å². The van der Waals surface area contributed by atoms with Gasteiger partial charge in [-0.05, 0) is 95.5 Å². The van der Waals surface area contributed by atoms with Gasteiger partial charge in [-0.25, -0.2) is 0 Å². The van der Waals surface area contributed by atoms with Gasteiger partial charge in [-0.2, -0.15) is 0 Å². The molecule has 0 spiro atoms. The van der Waals surface area contributed by atoms with E-state index in [2.05, 4.69) is 176 Å². The summed E-state index contributed by atoms with van der Waals surface area (Å²) in [6.45, 7) is 0. The SMILES string of the molecule is c1ccc(-c2cccc(-c3c4ccccc4c(-c4cccc(-c5c6ccccc6cc6c5oc5ccccc56)c4)c4ccccc34)c2)cc1. The summed E-state index contributed by atoms with van der Waals surface area (Å²) >= 11 is 0. The van der Waals surface area contributed by atoms with Gasteiger partial charge in [0.2, 0.25) is 0 Å². The molecule has 0 bridgehead atoms. The number of rotatable bonds is 4. The van der Waals surface area contributed by atoms with Crippen molar-refractivity contribution in [3.63, 3.8) is 0 Å². The Bertz CT molecular complexity index is 2820. The smallest absolute Gasteiger partial charge is 0.143 e. The number of fused-ring (bicyclic) bond motifs is 6. The van der Waals surface area contributed by atoms with E-state index in [1.54, 1.807) is 0 Å². The van der Waals surface area contributed by atoms with Gasteiger partial charge in [-0.3, -0.25) is 0 Å². The highest BCUT2D eigenvalue weighted by Gasteiger charge is 2.20. The van der Waals surface area contributed by atoms with Gasteiger partial charge in [0.05, 0.1) is 0 Å². The molecular weight excluding hydrogens is 593 g/mol. The zero-order valence-electron chi connectivity index (χ0n) is 26.7. The largest absolute Gasteiger partial charge is 0.455 e. The average Bonchev–Trinajstić information content (AvgIpc) is 3.54. The van der Waals surface area contributed by atoms with Crippen molar-refractivity contribution < 1.29 is 4.42 Å². The highest BCUT2D eigenvalue weighted by molar-refractivity contribution is 6.22. The van der Waals surface area contributed by atoms with Crippen molar-refractivity contribution in [1.82, 2.24) is 0 Å². The molecule has 9 aromatic carbocycles. The fourth-order valence-electron chi connectivity index (χ4n) is 7.87. The summed E-state index contributed by atoms with van der Waals surface area (Å²) in [4.78, 5) is 0. The molecule has 0 aliphatic rings. The number of para-hydroxylation sites is 1.